The van der Waals surface area contributed by atoms with Crippen molar-refractivity contribution in [3.63, 3.8) is 0 Å². The lowest BCUT2D eigenvalue weighted by Gasteiger charge is -2.15. The molecule has 1 aromatic rings. The molecule has 4 nitrogen and oxygen atoms in total. The molecular formula is C13H19BrFNO3S2. The minimum atomic E-state index is -3.96. The van der Waals surface area contributed by atoms with Gasteiger partial charge in [0.2, 0.25) is 10.0 Å². The van der Waals surface area contributed by atoms with Crippen LogP contribution in [0.3, 0.4) is 0 Å². The van der Waals surface area contributed by atoms with E-state index in [4.69, 9.17) is 5.11 Å². The van der Waals surface area contributed by atoms with Gasteiger partial charge < -0.3 is 5.11 Å². The molecule has 0 amide bonds. The zero-order chi connectivity index (χ0) is 16.0. The fraction of sp³-hybridized carbons (Fsp3) is 0.538. The van der Waals surface area contributed by atoms with Gasteiger partial charge in [0.1, 0.15) is 10.7 Å². The van der Waals surface area contributed by atoms with Crippen LogP contribution in [0.5, 0.6) is 0 Å². The zero-order valence-electron chi connectivity index (χ0n) is 11.9. The number of rotatable bonds is 8. The Hall–Kier alpha value is -0.150. The first-order valence-electron chi connectivity index (χ1n) is 6.50. The van der Waals surface area contributed by atoms with Crippen LogP contribution in [0.25, 0.3) is 0 Å². The summed E-state index contributed by atoms with van der Waals surface area (Å²) in [4.78, 5) is -0.448. The van der Waals surface area contributed by atoms with Crippen LogP contribution in [-0.2, 0) is 16.6 Å². The molecule has 2 N–H and O–H groups in total. The molecule has 21 heavy (non-hydrogen) atoms. The summed E-state index contributed by atoms with van der Waals surface area (Å²) in [5, 5.41) is 9.08. The lowest BCUT2D eigenvalue weighted by Crippen LogP contribution is -2.33. The normalized spacial score (nSPS) is 13.4. The summed E-state index contributed by atoms with van der Waals surface area (Å²) in [6.45, 7) is 3.22. The van der Waals surface area contributed by atoms with E-state index in [0.717, 1.165) is 11.5 Å². The molecule has 1 rings (SSSR count). The number of sulfonamides is 1. The van der Waals surface area contributed by atoms with Crippen molar-refractivity contribution >= 4 is 37.7 Å². The summed E-state index contributed by atoms with van der Waals surface area (Å²) in [5.74, 6) is 0.895. The molecule has 1 atom stereocenters. The molecule has 8 heteroatoms. The highest BCUT2D eigenvalue weighted by Gasteiger charge is 2.23. The van der Waals surface area contributed by atoms with Crippen molar-refractivity contribution in [1.29, 1.82) is 0 Å². The van der Waals surface area contributed by atoms with Crippen LogP contribution in [0.4, 0.5) is 4.39 Å². The van der Waals surface area contributed by atoms with E-state index in [2.05, 4.69) is 20.7 Å². The molecule has 0 fully saturated rings. The van der Waals surface area contributed by atoms with Crippen LogP contribution in [0.1, 0.15) is 25.8 Å². The standard InChI is InChI=1S/C13H19BrFNO3S2/c1-3-20-5-4-9(2)16-21(18,19)12-7-11(14)6-10(8-17)13(12)15/h6-7,9,16-17H,3-5,8H2,1-2H3. The van der Waals surface area contributed by atoms with Gasteiger partial charge in [0.25, 0.3) is 0 Å². The van der Waals surface area contributed by atoms with Gasteiger partial charge in [-0.15, -0.1) is 0 Å². The van der Waals surface area contributed by atoms with Crippen LogP contribution in [0.15, 0.2) is 21.5 Å². The van der Waals surface area contributed by atoms with Crippen LogP contribution in [0, 0.1) is 5.82 Å². The van der Waals surface area contributed by atoms with Gasteiger partial charge in [-0.2, -0.15) is 11.8 Å². The first-order chi connectivity index (χ1) is 9.81. The largest absolute Gasteiger partial charge is 0.392 e. The van der Waals surface area contributed by atoms with E-state index in [1.807, 2.05) is 6.92 Å². The van der Waals surface area contributed by atoms with E-state index in [1.165, 1.54) is 12.1 Å². The smallest absolute Gasteiger partial charge is 0.243 e. The van der Waals surface area contributed by atoms with Crippen molar-refractivity contribution in [3.8, 4) is 0 Å². The number of hydrogen-bond donors (Lipinski definition) is 2. The molecule has 0 aliphatic carbocycles. The highest BCUT2D eigenvalue weighted by molar-refractivity contribution is 9.10. The van der Waals surface area contributed by atoms with E-state index in [9.17, 15) is 12.8 Å². The quantitative estimate of drug-likeness (QED) is 0.659. The van der Waals surface area contributed by atoms with E-state index in [0.29, 0.717) is 10.9 Å². The first-order valence-corrected chi connectivity index (χ1v) is 9.93. The topological polar surface area (TPSA) is 66.4 Å². The Morgan fingerprint density at radius 2 is 2.14 bits per heavy atom. The second-order valence-electron chi connectivity index (χ2n) is 4.54. The number of thioether (sulfide) groups is 1. The van der Waals surface area contributed by atoms with Gasteiger partial charge in [0.05, 0.1) is 6.61 Å². The summed E-state index contributed by atoms with van der Waals surface area (Å²) in [5.41, 5.74) is -0.0565. The van der Waals surface area contributed by atoms with Gasteiger partial charge >= 0.3 is 0 Å². The molecule has 0 saturated heterocycles. The van der Waals surface area contributed by atoms with Crippen LogP contribution >= 0.6 is 27.7 Å². The minimum absolute atomic E-state index is 0.0565. The van der Waals surface area contributed by atoms with E-state index in [-0.39, 0.29) is 11.6 Å². The predicted octanol–water partition coefficient (Wildman–Crippen LogP) is 2.89. The third-order valence-electron chi connectivity index (χ3n) is 2.79. The summed E-state index contributed by atoms with van der Waals surface area (Å²) < 4.78 is 41.5. The van der Waals surface area contributed by atoms with Crippen LogP contribution in [-0.4, -0.2) is 31.1 Å². The monoisotopic (exact) mass is 399 g/mol. The van der Waals surface area contributed by atoms with E-state index in [1.54, 1.807) is 18.7 Å². The van der Waals surface area contributed by atoms with Gasteiger partial charge in [0.15, 0.2) is 0 Å². The second kappa shape index (κ2) is 8.47. The van der Waals surface area contributed by atoms with Gasteiger partial charge in [-0.25, -0.2) is 17.5 Å². The lowest BCUT2D eigenvalue weighted by atomic mass is 10.2. The van der Waals surface area contributed by atoms with Gasteiger partial charge in [-0.3, -0.25) is 0 Å². The molecule has 1 unspecified atom stereocenters. The van der Waals surface area contributed by atoms with Gasteiger partial charge in [-0.1, -0.05) is 22.9 Å². The fourth-order valence-corrected chi connectivity index (χ4v) is 4.61. The van der Waals surface area contributed by atoms with Crippen molar-refractivity contribution in [2.45, 2.75) is 37.8 Å². The van der Waals surface area contributed by atoms with Crippen LogP contribution in [0.2, 0.25) is 0 Å². The Balaban J connectivity index is 2.95. The number of halogens is 2. The van der Waals surface area contributed by atoms with Gasteiger partial charge in [0, 0.05) is 16.1 Å². The predicted molar refractivity (Wildman–Crippen MR) is 87.4 cm³/mol. The van der Waals surface area contributed by atoms with E-state index >= 15 is 0 Å². The highest BCUT2D eigenvalue weighted by atomic mass is 79.9. The van der Waals surface area contributed by atoms with E-state index < -0.39 is 27.3 Å². The Kier molecular flexibility index (Phi) is 7.63. The third-order valence-corrected chi connectivity index (χ3v) is 5.77. The number of benzene rings is 1. The Labute approximate surface area is 137 Å². The number of aliphatic hydroxyl groups is 1. The molecule has 0 aliphatic rings. The molecule has 0 aliphatic heterocycles. The van der Waals surface area contributed by atoms with Crippen molar-refractivity contribution in [2.75, 3.05) is 11.5 Å². The molecule has 1 aromatic carbocycles. The summed E-state index contributed by atoms with van der Waals surface area (Å²) in [7, 11) is -3.96. The maximum Gasteiger partial charge on any atom is 0.243 e. The zero-order valence-corrected chi connectivity index (χ0v) is 15.1. The number of hydrogen-bond acceptors (Lipinski definition) is 4. The molecule has 0 radical (unpaired) electrons. The molecule has 120 valence electrons. The first kappa shape index (κ1) is 18.9. The summed E-state index contributed by atoms with van der Waals surface area (Å²) >= 11 is 4.85. The average Bonchev–Trinajstić information content (AvgIpc) is 2.40. The molecular weight excluding hydrogens is 381 g/mol. The second-order valence-corrected chi connectivity index (χ2v) is 8.54. The van der Waals surface area contributed by atoms with Crippen molar-refractivity contribution in [2.24, 2.45) is 0 Å². The summed E-state index contributed by atoms with van der Waals surface area (Å²) in [6.07, 6.45) is 0.667. The Bertz CT molecular complexity index is 581. The molecule has 0 saturated carbocycles. The SMILES string of the molecule is CCSCCC(C)NS(=O)(=O)c1cc(Br)cc(CO)c1F. The Morgan fingerprint density at radius 1 is 1.48 bits per heavy atom. The molecule has 0 bridgehead atoms. The molecule has 0 aromatic heterocycles. The Morgan fingerprint density at radius 3 is 2.71 bits per heavy atom. The molecule has 0 heterocycles. The minimum Gasteiger partial charge on any atom is -0.392 e. The maximum atomic E-state index is 14.1. The average molecular weight is 400 g/mol. The van der Waals surface area contributed by atoms with Crippen LogP contribution < -0.4 is 4.72 Å². The summed E-state index contributed by atoms with van der Waals surface area (Å²) in [6, 6.07) is 2.27. The number of nitrogens with one attached hydrogen (secondary N) is 1. The molecule has 0 spiro atoms. The lowest BCUT2D eigenvalue weighted by molar-refractivity contribution is 0.274. The van der Waals surface area contributed by atoms with Crippen molar-refractivity contribution in [3.05, 3.63) is 28.0 Å². The fourth-order valence-electron chi connectivity index (χ4n) is 1.72. The maximum absolute atomic E-state index is 14.1. The van der Waals surface area contributed by atoms with Gasteiger partial charge in [-0.05, 0) is 37.0 Å². The third kappa shape index (κ3) is 5.52. The highest BCUT2D eigenvalue weighted by Crippen LogP contribution is 2.24. The van der Waals surface area contributed by atoms with Crippen molar-refractivity contribution in [1.82, 2.24) is 4.72 Å². The van der Waals surface area contributed by atoms with Crippen molar-refractivity contribution < 1.29 is 17.9 Å². The number of aliphatic hydroxyl groups excluding tert-OH is 1.